The predicted octanol–water partition coefficient (Wildman–Crippen LogP) is 2.35. The molecule has 2 aromatic rings. The molecule has 0 bridgehead atoms. The molecule has 1 saturated heterocycles. The van der Waals surface area contributed by atoms with Crippen LogP contribution in [0.1, 0.15) is 12.8 Å². The molecule has 1 atom stereocenters. The zero-order valence-electron chi connectivity index (χ0n) is 12.3. The minimum atomic E-state index is -0.740. The summed E-state index contributed by atoms with van der Waals surface area (Å²) in [4.78, 5) is 19.7. The molecular formula is C16H19N3O2. The van der Waals surface area contributed by atoms with Crippen LogP contribution in [0.4, 0.5) is 11.5 Å². The molecule has 3 rings (SSSR count). The SMILES string of the molecule is CN(C)c1nccc2cc(N3CCCC3C(=O)O)ccc12. The van der Waals surface area contributed by atoms with Crippen molar-refractivity contribution < 1.29 is 9.90 Å². The highest BCUT2D eigenvalue weighted by Gasteiger charge is 2.30. The molecule has 1 aromatic heterocycles. The molecule has 0 spiro atoms. The van der Waals surface area contributed by atoms with Crippen LogP contribution in [0.3, 0.4) is 0 Å². The van der Waals surface area contributed by atoms with Crippen molar-refractivity contribution in [2.24, 2.45) is 0 Å². The van der Waals surface area contributed by atoms with Gasteiger partial charge in [0.15, 0.2) is 0 Å². The van der Waals surface area contributed by atoms with Gasteiger partial charge in [0.1, 0.15) is 11.9 Å². The molecular weight excluding hydrogens is 266 g/mol. The maximum atomic E-state index is 11.3. The number of aliphatic carboxylic acids is 1. The van der Waals surface area contributed by atoms with E-state index >= 15 is 0 Å². The Labute approximate surface area is 123 Å². The van der Waals surface area contributed by atoms with Gasteiger partial charge in [-0.25, -0.2) is 9.78 Å². The van der Waals surface area contributed by atoms with Crippen molar-refractivity contribution in [1.82, 2.24) is 4.98 Å². The zero-order valence-corrected chi connectivity index (χ0v) is 12.3. The fourth-order valence-corrected chi connectivity index (χ4v) is 3.02. The van der Waals surface area contributed by atoms with Crippen LogP contribution < -0.4 is 9.80 Å². The second kappa shape index (κ2) is 5.24. The Morgan fingerprint density at radius 1 is 1.38 bits per heavy atom. The van der Waals surface area contributed by atoms with Crippen molar-refractivity contribution in [2.75, 3.05) is 30.4 Å². The Hall–Kier alpha value is -2.30. The van der Waals surface area contributed by atoms with E-state index in [2.05, 4.69) is 11.1 Å². The van der Waals surface area contributed by atoms with Gasteiger partial charge in [-0.2, -0.15) is 0 Å². The zero-order chi connectivity index (χ0) is 15.0. The summed E-state index contributed by atoms with van der Waals surface area (Å²) in [6, 6.07) is 7.66. The number of pyridine rings is 1. The fraction of sp³-hybridized carbons (Fsp3) is 0.375. The number of carbonyl (C=O) groups is 1. The molecule has 0 radical (unpaired) electrons. The summed E-state index contributed by atoms with van der Waals surface area (Å²) >= 11 is 0. The maximum Gasteiger partial charge on any atom is 0.326 e. The Bertz CT molecular complexity index is 684. The Kier molecular flexibility index (Phi) is 3.41. The van der Waals surface area contributed by atoms with Crippen LogP contribution in [0.25, 0.3) is 10.8 Å². The molecule has 2 heterocycles. The average molecular weight is 285 g/mol. The van der Waals surface area contributed by atoms with Gasteiger partial charge in [0.25, 0.3) is 0 Å². The number of nitrogens with zero attached hydrogens (tertiary/aromatic N) is 3. The first-order valence-corrected chi connectivity index (χ1v) is 7.13. The summed E-state index contributed by atoms with van der Waals surface area (Å²) in [7, 11) is 3.94. The third-order valence-corrected chi connectivity index (χ3v) is 4.02. The lowest BCUT2D eigenvalue weighted by molar-refractivity contribution is -0.138. The molecule has 1 aliphatic heterocycles. The number of anilines is 2. The molecule has 1 fully saturated rings. The first-order valence-electron chi connectivity index (χ1n) is 7.13. The van der Waals surface area contributed by atoms with E-state index < -0.39 is 12.0 Å². The lowest BCUT2D eigenvalue weighted by atomic mass is 10.1. The van der Waals surface area contributed by atoms with Crippen LogP contribution in [0.2, 0.25) is 0 Å². The molecule has 1 aliphatic rings. The van der Waals surface area contributed by atoms with Gasteiger partial charge in [-0.3, -0.25) is 0 Å². The molecule has 110 valence electrons. The van der Waals surface area contributed by atoms with Gasteiger partial charge >= 0.3 is 5.97 Å². The molecule has 1 aromatic carbocycles. The van der Waals surface area contributed by atoms with E-state index in [1.165, 1.54) is 0 Å². The van der Waals surface area contributed by atoms with Gasteiger partial charge in [-0.1, -0.05) is 0 Å². The Balaban J connectivity index is 2.04. The minimum absolute atomic E-state index is 0.405. The summed E-state index contributed by atoms with van der Waals surface area (Å²) in [5, 5.41) is 11.5. The second-order valence-corrected chi connectivity index (χ2v) is 5.62. The number of carboxylic acids is 1. The highest BCUT2D eigenvalue weighted by atomic mass is 16.4. The third kappa shape index (κ3) is 2.39. The number of hydrogen-bond donors (Lipinski definition) is 1. The van der Waals surface area contributed by atoms with E-state index in [0.29, 0.717) is 6.42 Å². The van der Waals surface area contributed by atoms with Gasteiger partial charge in [0.05, 0.1) is 0 Å². The van der Waals surface area contributed by atoms with E-state index in [-0.39, 0.29) is 0 Å². The van der Waals surface area contributed by atoms with Crippen molar-refractivity contribution in [1.29, 1.82) is 0 Å². The standard InChI is InChI=1S/C16H19N3O2/c1-18(2)15-13-6-5-12(10-11(13)7-8-17-15)19-9-3-4-14(19)16(20)21/h5-8,10,14H,3-4,9H2,1-2H3,(H,20,21). The number of hydrogen-bond acceptors (Lipinski definition) is 4. The van der Waals surface area contributed by atoms with Gasteiger partial charge in [-0.05, 0) is 42.5 Å². The van der Waals surface area contributed by atoms with E-state index in [4.69, 9.17) is 0 Å². The molecule has 1 N–H and O–H groups in total. The Morgan fingerprint density at radius 3 is 2.90 bits per heavy atom. The second-order valence-electron chi connectivity index (χ2n) is 5.62. The topological polar surface area (TPSA) is 56.7 Å². The lowest BCUT2D eigenvalue weighted by Gasteiger charge is -2.24. The summed E-state index contributed by atoms with van der Waals surface area (Å²) in [5.74, 6) is 0.187. The maximum absolute atomic E-state index is 11.3. The summed E-state index contributed by atoms with van der Waals surface area (Å²) in [6.45, 7) is 0.800. The summed E-state index contributed by atoms with van der Waals surface area (Å²) in [5.41, 5.74) is 0.975. The van der Waals surface area contributed by atoms with Crippen LogP contribution >= 0.6 is 0 Å². The number of aromatic nitrogens is 1. The van der Waals surface area contributed by atoms with Gasteiger partial charge in [0, 0.05) is 37.9 Å². The number of fused-ring (bicyclic) bond motifs is 1. The average Bonchev–Trinajstić information content (AvgIpc) is 2.95. The third-order valence-electron chi connectivity index (χ3n) is 4.02. The number of carboxylic acid groups (broad SMARTS) is 1. The molecule has 5 nitrogen and oxygen atoms in total. The van der Waals surface area contributed by atoms with Crippen LogP contribution in [0.5, 0.6) is 0 Å². The molecule has 1 unspecified atom stereocenters. The highest BCUT2D eigenvalue weighted by molar-refractivity contribution is 5.94. The molecule has 21 heavy (non-hydrogen) atoms. The summed E-state index contributed by atoms with van der Waals surface area (Å²) < 4.78 is 0. The lowest BCUT2D eigenvalue weighted by Crippen LogP contribution is -2.35. The normalized spacial score (nSPS) is 18.2. The van der Waals surface area contributed by atoms with Gasteiger partial charge < -0.3 is 14.9 Å². The Morgan fingerprint density at radius 2 is 2.19 bits per heavy atom. The van der Waals surface area contributed by atoms with E-state index in [0.717, 1.165) is 35.2 Å². The van der Waals surface area contributed by atoms with Crippen LogP contribution in [-0.2, 0) is 4.79 Å². The molecule has 5 heteroatoms. The largest absolute Gasteiger partial charge is 0.480 e. The number of benzene rings is 1. The van der Waals surface area contributed by atoms with Crippen molar-refractivity contribution >= 4 is 28.2 Å². The minimum Gasteiger partial charge on any atom is -0.480 e. The number of rotatable bonds is 3. The molecule has 0 amide bonds. The first kappa shape index (κ1) is 13.7. The monoisotopic (exact) mass is 285 g/mol. The van der Waals surface area contributed by atoms with Crippen molar-refractivity contribution in [3.05, 3.63) is 30.5 Å². The van der Waals surface area contributed by atoms with Crippen molar-refractivity contribution in [2.45, 2.75) is 18.9 Å². The summed E-state index contributed by atoms with van der Waals surface area (Å²) in [6.07, 6.45) is 3.43. The van der Waals surface area contributed by atoms with E-state index in [9.17, 15) is 9.90 Å². The highest BCUT2D eigenvalue weighted by Crippen LogP contribution is 2.31. The van der Waals surface area contributed by atoms with Crippen molar-refractivity contribution in [3.63, 3.8) is 0 Å². The van der Waals surface area contributed by atoms with Crippen LogP contribution in [0.15, 0.2) is 30.5 Å². The van der Waals surface area contributed by atoms with E-state index in [1.807, 2.05) is 42.1 Å². The smallest absolute Gasteiger partial charge is 0.326 e. The van der Waals surface area contributed by atoms with Gasteiger partial charge in [0.2, 0.25) is 0 Å². The van der Waals surface area contributed by atoms with Crippen molar-refractivity contribution in [3.8, 4) is 0 Å². The van der Waals surface area contributed by atoms with Crippen LogP contribution in [0, 0.1) is 0 Å². The van der Waals surface area contributed by atoms with E-state index in [1.54, 1.807) is 6.20 Å². The van der Waals surface area contributed by atoms with Gasteiger partial charge in [-0.15, -0.1) is 0 Å². The molecule has 0 saturated carbocycles. The first-order chi connectivity index (χ1) is 10.1. The quantitative estimate of drug-likeness (QED) is 0.938. The fourth-order valence-electron chi connectivity index (χ4n) is 3.02. The van der Waals surface area contributed by atoms with Crippen LogP contribution in [-0.4, -0.2) is 42.7 Å². The predicted molar refractivity (Wildman–Crippen MR) is 84.1 cm³/mol. The molecule has 0 aliphatic carbocycles.